The number of amides is 1. The molecule has 0 aromatic heterocycles. The third-order valence-electron chi connectivity index (χ3n) is 3.42. The number of ether oxygens (including phenoxy) is 1. The molecule has 4 nitrogen and oxygen atoms in total. The van der Waals surface area contributed by atoms with E-state index in [1.807, 2.05) is 13.8 Å². The van der Waals surface area contributed by atoms with Gasteiger partial charge in [0.05, 0.1) is 6.10 Å². The standard InChI is InChI=1S/C16H24FNO3/c1-11(8-9-21-3)16(20)18-12(2)10-15(19)13-4-6-14(17)7-5-13/h4-7,11-12,15,19H,8-10H2,1-3H3,(H,18,20). The molecule has 3 unspecified atom stereocenters. The van der Waals surface area contributed by atoms with Crippen molar-refractivity contribution in [1.82, 2.24) is 5.32 Å². The van der Waals surface area contributed by atoms with Crippen LogP contribution in [0.15, 0.2) is 24.3 Å². The average Bonchev–Trinajstić information content (AvgIpc) is 2.45. The lowest BCUT2D eigenvalue weighted by atomic mass is 10.0. The Balaban J connectivity index is 2.43. The maximum Gasteiger partial charge on any atom is 0.223 e. The van der Waals surface area contributed by atoms with Crippen molar-refractivity contribution < 1.29 is 19.0 Å². The normalized spacial score (nSPS) is 15.3. The largest absolute Gasteiger partial charge is 0.388 e. The molecule has 0 aliphatic heterocycles. The molecular formula is C16H24FNO3. The number of nitrogens with one attached hydrogen (secondary N) is 1. The summed E-state index contributed by atoms with van der Waals surface area (Å²) in [6.45, 7) is 4.23. The van der Waals surface area contributed by atoms with Gasteiger partial charge in [0.25, 0.3) is 0 Å². The lowest BCUT2D eigenvalue weighted by Gasteiger charge is -2.20. The lowest BCUT2D eigenvalue weighted by Crippen LogP contribution is -2.37. The minimum absolute atomic E-state index is 0.0501. The van der Waals surface area contributed by atoms with Gasteiger partial charge in [0.2, 0.25) is 5.91 Å². The zero-order valence-electron chi connectivity index (χ0n) is 12.8. The number of hydrogen-bond acceptors (Lipinski definition) is 3. The highest BCUT2D eigenvalue weighted by atomic mass is 19.1. The summed E-state index contributed by atoms with van der Waals surface area (Å²) >= 11 is 0. The van der Waals surface area contributed by atoms with Crippen LogP contribution in [0.4, 0.5) is 4.39 Å². The molecule has 0 spiro atoms. The number of rotatable bonds is 8. The molecule has 0 heterocycles. The molecule has 3 atom stereocenters. The number of carbonyl (C=O) groups is 1. The Labute approximate surface area is 125 Å². The Morgan fingerprint density at radius 2 is 1.95 bits per heavy atom. The highest BCUT2D eigenvalue weighted by Gasteiger charge is 2.18. The smallest absolute Gasteiger partial charge is 0.223 e. The molecule has 0 aliphatic rings. The zero-order chi connectivity index (χ0) is 15.8. The second-order valence-electron chi connectivity index (χ2n) is 5.40. The number of hydrogen-bond donors (Lipinski definition) is 2. The van der Waals surface area contributed by atoms with Gasteiger partial charge >= 0.3 is 0 Å². The van der Waals surface area contributed by atoms with Crippen LogP contribution in [0.1, 0.15) is 38.4 Å². The average molecular weight is 297 g/mol. The molecule has 118 valence electrons. The summed E-state index contributed by atoms with van der Waals surface area (Å²) in [5, 5.41) is 13.0. The molecule has 2 N–H and O–H groups in total. The summed E-state index contributed by atoms with van der Waals surface area (Å²) in [5.74, 6) is -0.513. The van der Waals surface area contributed by atoms with Crippen LogP contribution in [0, 0.1) is 11.7 Å². The molecule has 1 amide bonds. The third kappa shape index (κ3) is 6.23. The molecule has 1 aromatic rings. The second kappa shape index (κ2) is 8.74. The molecule has 21 heavy (non-hydrogen) atoms. The maximum atomic E-state index is 12.8. The molecule has 0 radical (unpaired) electrons. The van der Waals surface area contributed by atoms with Crippen molar-refractivity contribution in [2.45, 2.75) is 38.8 Å². The van der Waals surface area contributed by atoms with Gasteiger partial charge < -0.3 is 15.2 Å². The fourth-order valence-electron chi connectivity index (χ4n) is 2.03. The van der Waals surface area contributed by atoms with Gasteiger partial charge in [-0.15, -0.1) is 0 Å². The highest BCUT2D eigenvalue weighted by molar-refractivity contribution is 5.78. The van der Waals surface area contributed by atoms with Gasteiger partial charge in [-0.1, -0.05) is 19.1 Å². The van der Waals surface area contributed by atoms with Gasteiger partial charge in [-0.25, -0.2) is 4.39 Å². The van der Waals surface area contributed by atoms with Crippen molar-refractivity contribution >= 4 is 5.91 Å². The minimum atomic E-state index is -0.727. The zero-order valence-corrected chi connectivity index (χ0v) is 12.8. The van der Waals surface area contributed by atoms with Gasteiger partial charge in [-0.2, -0.15) is 0 Å². The van der Waals surface area contributed by atoms with E-state index in [0.717, 1.165) is 0 Å². The van der Waals surface area contributed by atoms with E-state index in [4.69, 9.17) is 4.74 Å². The molecule has 0 bridgehead atoms. The SMILES string of the molecule is COCCC(C)C(=O)NC(C)CC(O)c1ccc(F)cc1. The van der Waals surface area contributed by atoms with E-state index >= 15 is 0 Å². The van der Waals surface area contributed by atoms with E-state index in [-0.39, 0.29) is 23.7 Å². The number of aliphatic hydroxyl groups is 1. The van der Waals surface area contributed by atoms with Crippen molar-refractivity contribution in [3.05, 3.63) is 35.6 Å². The molecular weight excluding hydrogens is 273 g/mol. The first-order valence-electron chi connectivity index (χ1n) is 7.17. The summed E-state index contributed by atoms with van der Waals surface area (Å²) < 4.78 is 17.8. The van der Waals surface area contributed by atoms with Crippen LogP contribution in [-0.2, 0) is 9.53 Å². The van der Waals surface area contributed by atoms with Crippen LogP contribution in [0.3, 0.4) is 0 Å². The Morgan fingerprint density at radius 1 is 1.33 bits per heavy atom. The van der Waals surface area contributed by atoms with Gasteiger partial charge in [-0.3, -0.25) is 4.79 Å². The predicted octanol–water partition coefficient (Wildman–Crippen LogP) is 2.43. The number of halogens is 1. The van der Waals surface area contributed by atoms with E-state index in [0.29, 0.717) is 25.0 Å². The van der Waals surface area contributed by atoms with E-state index in [1.165, 1.54) is 12.1 Å². The summed E-state index contributed by atoms with van der Waals surface area (Å²) in [7, 11) is 1.60. The Hall–Kier alpha value is -1.46. The molecule has 0 saturated carbocycles. The van der Waals surface area contributed by atoms with Gasteiger partial charge in [-0.05, 0) is 37.5 Å². The van der Waals surface area contributed by atoms with Gasteiger partial charge in [0, 0.05) is 25.7 Å². The number of methoxy groups -OCH3 is 1. The van der Waals surface area contributed by atoms with Crippen LogP contribution < -0.4 is 5.32 Å². The number of carbonyl (C=O) groups excluding carboxylic acids is 1. The topological polar surface area (TPSA) is 58.6 Å². The Bertz CT molecular complexity index is 436. The number of benzene rings is 1. The van der Waals surface area contributed by atoms with Crippen LogP contribution >= 0.6 is 0 Å². The van der Waals surface area contributed by atoms with Crippen LogP contribution in [0.25, 0.3) is 0 Å². The Morgan fingerprint density at radius 3 is 2.52 bits per heavy atom. The molecule has 1 aromatic carbocycles. The molecule has 1 rings (SSSR count). The predicted molar refractivity (Wildman–Crippen MR) is 79.2 cm³/mol. The van der Waals surface area contributed by atoms with Crippen LogP contribution in [0.2, 0.25) is 0 Å². The van der Waals surface area contributed by atoms with Crippen molar-refractivity contribution in [2.75, 3.05) is 13.7 Å². The van der Waals surface area contributed by atoms with Crippen LogP contribution in [0.5, 0.6) is 0 Å². The summed E-state index contributed by atoms with van der Waals surface area (Å²) in [6, 6.07) is 5.57. The first kappa shape index (κ1) is 17.6. The first-order chi connectivity index (χ1) is 9.93. The Kier molecular flexibility index (Phi) is 7.32. The molecule has 0 fully saturated rings. The molecule has 0 saturated heterocycles. The van der Waals surface area contributed by atoms with E-state index < -0.39 is 6.10 Å². The monoisotopic (exact) mass is 297 g/mol. The van der Waals surface area contributed by atoms with Crippen LogP contribution in [-0.4, -0.2) is 30.8 Å². The fourth-order valence-corrected chi connectivity index (χ4v) is 2.03. The maximum absolute atomic E-state index is 12.8. The van der Waals surface area contributed by atoms with Gasteiger partial charge in [0.15, 0.2) is 0 Å². The van der Waals surface area contributed by atoms with E-state index in [1.54, 1.807) is 19.2 Å². The van der Waals surface area contributed by atoms with Crippen molar-refractivity contribution in [3.63, 3.8) is 0 Å². The molecule has 0 aliphatic carbocycles. The highest BCUT2D eigenvalue weighted by Crippen LogP contribution is 2.18. The third-order valence-corrected chi connectivity index (χ3v) is 3.42. The quantitative estimate of drug-likeness (QED) is 0.775. The van der Waals surface area contributed by atoms with Gasteiger partial charge in [0.1, 0.15) is 5.82 Å². The lowest BCUT2D eigenvalue weighted by molar-refractivity contribution is -0.125. The summed E-state index contributed by atoms with van der Waals surface area (Å²) in [5.41, 5.74) is 0.643. The first-order valence-corrected chi connectivity index (χ1v) is 7.17. The summed E-state index contributed by atoms with van der Waals surface area (Å²) in [4.78, 5) is 11.9. The number of aliphatic hydroxyl groups excluding tert-OH is 1. The molecule has 5 heteroatoms. The van der Waals surface area contributed by atoms with E-state index in [2.05, 4.69) is 5.32 Å². The minimum Gasteiger partial charge on any atom is -0.388 e. The second-order valence-corrected chi connectivity index (χ2v) is 5.40. The fraction of sp³-hybridized carbons (Fsp3) is 0.562. The van der Waals surface area contributed by atoms with Crippen molar-refractivity contribution in [3.8, 4) is 0 Å². The van der Waals surface area contributed by atoms with E-state index in [9.17, 15) is 14.3 Å². The van der Waals surface area contributed by atoms with Crippen molar-refractivity contribution in [1.29, 1.82) is 0 Å². The van der Waals surface area contributed by atoms with Crippen molar-refractivity contribution in [2.24, 2.45) is 5.92 Å². The summed E-state index contributed by atoms with van der Waals surface area (Å²) in [6.07, 6.45) is 0.319.